The van der Waals surface area contributed by atoms with Crippen LogP contribution in [0.25, 0.3) is 10.9 Å². The summed E-state index contributed by atoms with van der Waals surface area (Å²) in [5.41, 5.74) is 5.04. The molecule has 1 atom stereocenters. The number of aryl methyl sites for hydroxylation is 3. The van der Waals surface area contributed by atoms with Gasteiger partial charge in [0.1, 0.15) is 5.82 Å². The van der Waals surface area contributed by atoms with E-state index in [0.717, 1.165) is 43.7 Å². The topological polar surface area (TPSA) is 39.8 Å². The minimum Gasteiger partial charge on any atom is -0.344 e. The Kier molecular flexibility index (Phi) is 3.34. The Labute approximate surface area is 147 Å². The summed E-state index contributed by atoms with van der Waals surface area (Å²) in [4.78, 5) is 17.7. The predicted molar refractivity (Wildman–Crippen MR) is 98.0 cm³/mol. The maximum Gasteiger partial charge on any atom is 0.170 e. The Morgan fingerprint density at radius 1 is 1.24 bits per heavy atom. The third-order valence-corrected chi connectivity index (χ3v) is 6.04. The molecule has 1 aliphatic carbocycles. The van der Waals surface area contributed by atoms with Gasteiger partial charge in [-0.15, -0.1) is 0 Å². The van der Waals surface area contributed by atoms with Crippen molar-refractivity contribution in [1.82, 2.24) is 14.1 Å². The number of imidazole rings is 1. The summed E-state index contributed by atoms with van der Waals surface area (Å²) in [6.07, 6.45) is 9.33. The van der Waals surface area contributed by atoms with Crippen LogP contribution in [-0.2, 0) is 25.9 Å². The molecule has 2 aliphatic rings. The van der Waals surface area contributed by atoms with Crippen LogP contribution in [0.4, 0.5) is 0 Å². The normalized spacial score (nSPS) is 19.9. The van der Waals surface area contributed by atoms with Crippen LogP contribution in [-0.4, -0.2) is 19.9 Å². The molecule has 0 unspecified atom stereocenters. The van der Waals surface area contributed by atoms with Gasteiger partial charge in [0.2, 0.25) is 0 Å². The van der Waals surface area contributed by atoms with Gasteiger partial charge >= 0.3 is 0 Å². The fourth-order valence-corrected chi connectivity index (χ4v) is 4.76. The maximum absolute atomic E-state index is 13.4. The second-order valence-electron chi connectivity index (χ2n) is 7.47. The largest absolute Gasteiger partial charge is 0.344 e. The number of para-hydroxylation sites is 1. The number of nitrogens with zero attached hydrogens (tertiary/aromatic N) is 3. The molecule has 0 bridgehead atoms. The summed E-state index contributed by atoms with van der Waals surface area (Å²) >= 11 is 0. The van der Waals surface area contributed by atoms with Gasteiger partial charge in [0, 0.05) is 48.0 Å². The van der Waals surface area contributed by atoms with E-state index in [9.17, 15) is 4.79 Å². The number of hydrogen-bond acceptors (Lipinski definition) is 2. The molecule has 3 aromatic rings. The van der Waals surface area contributed by atoms with Crippen molar-refractivity contribution in [3.63, 3.8) is 0 Å². The number of aromatic nitrogens is 3. The zero-order valence-electron chi connectivity index (χ0n) is 14.7. The number of fused-ring (bicyclic) bond motifs is 3. The van der Waals surface area contributed by atoms with Crippen LogP contribution in [0.2, 0.25) is 0 Å². The predicted octanol–water partition coefficient (Wildman–Crippen LogP) is 3.93. The van der Waals surface area contributed by atoms with E-state index in [1.165, 1.54) is 35.0 Å². The van der Waals surface area contributed by atoms with Gasteiger partial charge in [-0.05, 0) is 44.6 Å². The Bertz CT molecular complexity index is 979. The third kappa shape index (κ3) is 2.20. The Morgan fingerprint density at radius 3 is 3.00 bits per heavy atom. The van der Waals surface area contributed by atoms with E-state index in [1.54, 1.807) is 0 Å². The quantitative estimate of drug-likeness (QED) is 0.713. The highest BCUT2D eigenvalue weighted by Gasteiger charge is 2.33. The zero-order chi connectivity index (χ0) is 17.0. The molecule has 5 rings (SSSR count). The van der Waals surface area contributed by atoms with Crippen molar-refractivity contribution < 1.29 is 4.79 Å². The number of Topliss-reactive ketones (excluding diaryl/α,β-unsaturated/α-hetero) is 1. The van der Waals surface area contributed by atoms with Gasteiger partial charge in [-0.2, -0.15) is 0 Å². The monoisotopic (exact) mass is 333 g/mol. The van der Waals surface area contributed by atoms with Gasteiger partial charge in [0.05, 0.1) is 5.52 Å². The fraction of sp³-hybridized carbons (Fsp3) is 0.429. The smallest absolute Gasteiger partial charge is 0.170 e. The number of carbonyl (C=O) groups is 1. The minimum atomic E-state index is 0.0612. The van der Waals surface area contributed by atoms with Gasteiger partial charge in [0.15, 0.2) is 5.78 Å². The average Bonchev–Trinajstić information content (AvgIpc) is 3.07. The lowest BCUT2D eigenvalue weighted by molar-refractivity contribution is 0.0887. The average molecular weight is 333 g/mol. The molecule has 0 radical (unpaired) electrons. The van der Waals surface area contributed by atoms with Crippen LogP contribution in [0, 0.1) is 12.8 Å². The van der Waals surface area contributed by atoms with Gasteiger partial charge in [-0.25, -0.2) is 4.98 Å². The van der Waals surface area contributed by atoms with Crippen molar-refractivity contribution in [2.45, 2.75) is 52.1 Å². The van der Waals surface area contributed by atoms with E-state index in [2.05, 4.69) is 32.3 Å². The molecule has 1 aliphatic heterocycles. The summed E-state index contributed by atoms with van der Waals surface area (Å²) in [6.45, 7) is 3.81. The summed E-state index contributed by atoms with van der Waals surface area (Å²) in [5, 5.41) is 1.19. The van der Waals surface area contributed by atoms with Crippen molar-refractivity contribution in [1.29, 1.82) is 0 Å². The van der Waals surface area contributed by atoms with E-state index in [-0.39, 0.29) is 5.92 Å². The fourth-order valence-electron chi connectivity index (χ4n) is 4.76. The first-order valence-electron chi connectivity index (χ1n) is 9.39. The Hall–Kier alpha value is -2.36. The second kappa shape index (κ2) is 5.58. The molecule has 0 amide bonds. The molecule has 0 saturated carbocycles. The van der Waals surface area contributed by atoms with Crippen LogP contribution in [0.15, 0.2) is 30.6 Å². The number of carbonyl (C=O) groups excluding carboxylic acids is 1. The van der Waals surface area contributed by atoms with E-state index >= 15 is 0 Å². The van der Waals surface area contributed by atoms with E-state index < -0.39 is 0 Å². The van der Waals surface area contributed by atoms with Crippen LogP contribution < -0.4 is 0 Å². The standard InChI is InChI=1S/C21H23N3O/c1-14-22-10-12-23(14)13-16-8-9-18-19(21(16)25)17-7-4-6-15-5-2-3-11-24(18)20(15)17/h4,6-7,10,12,16H,2-3,5,8-9,11,13H2,1H3/t16-/m1/s1. The lowest BCUT2D eigenvalue weighted by atomic mass is 9.84. The summed E-state index contributed by atoms with van der Waals surface area (Å²) in [7, 11) is 0. The molecule has 4 heteroatoms. The summed E-state index contributed by atoms with van der Waals surface area (Å²) < 4.78 is 4.57. The van der Waals surface area contributed by atoms with Gasteiger partial charge < -0.3 is 9.13 Å². The first kappa shape index (κ1) is 14.9. The van der Waals surface area contributed by atoms with Crippen LogP contribution in [0.5, 0.6) is 0 Å². The second-order valence-corrected chi connectivity index (χ2v) is 7.47. The Morgan fingerprint density at radius 2 is 2.16 bits per heavy atom. The van der Waals surface area contributed by atoms with Gasteiger partial charge in [-0.3, -0.25) is 4.79 Å². The minimum absolute atomic E-state index is 0.0612. The number of ketones is 1. The molecule has 2 aromatic heterocycles. The summed E-state index contributed by atoms with van der Waals surface area (Å²) in [5.74, 6) is 1.37. The van der Waals surface area contributed by atoms with Crippen LogP contribution >= 0.6 is 0 Å². The molecule has 128 valence electrons. The van der Waals surface area contributed by atoms with Gasteiger partial charge in [0.25, 0.3) is 0 Å². The summed E-state index contributed by atoms with van der Waals surface area (Å²) in [6, 6.07) is 6.53. The number of benzene rings is 1. The number of rotatable bonds is 2. The van der Waals surface area contributed by atoms with Crippen molar-refractivity contribution in [2.24, 2.45) is 5.92 Å². The highest BCUT2D eigenvalue weighted by atomic mass is 16.1. The van der Waals surface area contributed by atoms with Crippen molar-refractivity contribution in [3.05, 3.63) is 53.2 Å². The molecule has 1 aromatic carbocycles. The zero-order valence-corrected chi connectivity index (χ0v) is 14.7. The molecular weight excluding hydrogens is 310 g/mol. The molecule has 25 heavy (non-hydrogen) atoms. The van der Waals surface area contributed by atoms with Crippen molar-refractivity contribution in [2.75, 3.05) is 0 Å². The van der Waals surface area contributed by atoms with E-state index in [1.807, 2.05) is 19.3 Å². The number of hydrogen-bond donors (Lipinski definition) is 0. The van der Waals surface area contributed by atoms with Crippen LogP contribution in [0.3, 0.4) is 0 Å². The van der Waals surface area contributed by atoms with Crippen LogP contribution in [0.1, 0.15) is 46.7 Å². The molecule has 0 spiro atoms. The van der Waals surface area contributed by atoms with E-state index in [4.69, 9.17) is 0 Å². The van der Waals surface area contributed by atoms with Crippen molar-refractivity contribution in [3.8, 4) is 0 Å². The first-order chi connectivity index (χ1) is 12.2. The highest BCUT2D eigenvalue weighted by Crippen LogP contribution is 2.38. The third-order valence-electron chi connectivity index (χ3n) is 6.04. The molecule has 0 fully saturated rings. The lowest BCUT2D eigenvalue weighted by Crippen LogP contribution is -2.27. The van der Waals surface area contributed by atoms with E-state index in [0.29, 0.717) is 5.78 Å². The lowest BCUT2D eigenvalue weighted by Gasteiger charge is -2.23. The van der Waals surface area contributed by atoms with Crippen molar-refractivity contribution >= 4 is 16.7 Å². The molecule has 4 nitrogen and oxygen atoms in total. The molecule has 0 saturated heterocycles. The molecule has 3 heterocycles. The first-order valence-corrected chi connectivity index (χ1v) is 9.39. The highest BCUT2D eigenvalue weighted by molar-refractivity contribution is 6.11. The van der Waals surface area contributed by atoms with Gasteiger partial charge in [-0.1, -0.05) is 18.2 Å². The maximum atomic E-state index is 13.4. The Balaban J connectivity index is 1.62. The SMILES string of the molecule is Cc1nccn1C[C@H]1CCc2c(c3cccc4c3n2CCCC4)C1=O. The molecular formula is C21H23N3O. The molecule has 0 N–H and O–H groups in total.